The topological polar surface area (TPSA) is 49.4 Å². The van der Waals surface area contributed by atoms with Gasteiger partial charge in [-0.1, -0.05) is 41.9 Å². The Bertz CT molecular complexity index is 1160. The molecule has 0 radical (unpaired) electrons. The Labute approximate surface area is 172 Å². The quantitative estimate of drug-likeness (QED) is 0.607. The molecule has 6 heteroatoms. The molecule has 1 aliphatic rings. The van der Waals surface area contributed by atoms with Gasteiger partial charge in [-0.3, -0.25) is 9.59 Å². The van der Waals surface area contributed by atoms with Gasteiger partial charge in [0.2, 0.25) is 0 Å². The van der Waals surface area contributed by atoms with E-state index >= 15 is 0 Å². The minimum atomic E-state index is -0.549. The molecule has 1 N–H and O–H groups in total. The summed E-state index contributed by atoms with van der Waals surface area (Å²) < 4.78 is 13.7. The standard InChI is InChI=1S/C23H16ClFN2O2/c1-14-4-2-6-18(12-14)26-21-20(15-8-10-16(24)11-9-15)22(28)27(23(21)29)19-7-3-5-17(25)13-19/h2-13,26H,1H3. The van der Waals surface area contributed by atoms with E-state index in [-0.39, 0.29) is 17.0 Å². The van der Waals surface area contributed by atoms with Crippen LogP contribution in [0.4, 0.5) is 15.8 Å². The van der Waals surface area contributed by atoms with Gasteiger partial charge in [-0.2, -0.15) is 0 Å². The molecule has 0 saturated heterocycles. The van der Waals surface area contributed by atoms with E-state index in [9.17, 15) is 14.0 Å². The highest BCUT2D eigenvalue weighted by Gasteiger charge is 2.40. The van der Waals surface area contributed by atoms with Crippen LogP contribution < -0.4 is 10.2 Å². The van der Waals surface area contributed by atoms with Crippen LogP contribution in [0.3, 0.4) is 0 Å². The van der Waals surface area contributed by atoms with Gasteiger partial charge in [0, 0.05) is 10.7 Å². The fourth-order valence-corrected chi connectivity index (χ4v) is 3.37. The summed E-state index contributed by atoms with van der Waals surface area (Å²) >= 11 is 5.97. The first kappa shape index (κ1) is 18.9. The maximum atomic E-state index is 13.7. The Morgan fingerprint density at radius 3 is 2.31 bits per heavy atom. The van der Waals surface area contributed by atoms with Crippen LogP contribution in [0.5, 0.6) is 0 Å². The molecule has 1 heterocycles. The van der Waals surface area contributed by atoms with Gasteiger partial charge >= 0.3 is 0 Å². The van der Waals surface area contributed by atoms with Gasteiger partial charge in [0.05, 0.1) is 11.3 Å². The lowest BCUT2D eigenvalue weighted by Gasteiger charge is -2.15. The fourth-order valence-electron chi connectivity index (χ4n) is 3.25. The Morgan fingerprint density at radius 1 is 0.897 bits per heavy atom. The summed E-state index contributed by atoms with van der Waals surface area (Å²) in [6, 6.07) is 19.5. The number of carbonyl (C=O) groups excluding carboxylic acids is 2. The van der Waals surface area contributed by atoms with Crippen LogP contribution in [0.25, 0.3) is 5.57 Å². The molecule has 0 atom stereocenters. The lowest BCUT2D eigenvalue weighted by molar-refractivity contribution is -0.120. The van der Waals surface area contributed by atoms with E-state index in [1.54, 1.807) is 24.3 Å². The van der Waals surface area contributed by atoms with Gasteiger partial charge in [-0.05, 0) is 60.5 Å². The summed E-state index contributed by atoms with van der Waals surface area (Å²) in [5, 5.41) is 3.60. The van der Waals surface area contributed by atoms with Crippen molar-refractivity contribution < 1.29 is 14.0 Å². The number of aryl methyl sites for hydroxylation is 1. The second-order valence-corrected chi connectivity index (χ2v) is 7.11. The molecule has 0 bridgehead atoms. The van der Waals surface area contributed by atoms with Crippen molar-refractivity contribution in [3.05, 3.63) is 100 Å². The Kier molecular flexibility index (Phi) is 4.91. The van der Waals surface area contributed by atoms with Crippen molar-refractivity contribution in [2.45, 2.75) is 6.92 Å². The molecular weight excluding hydrogens is 391 g/mol. The Hall–Kier alpha value is -3.44. The second-order valence-electron chi connectivity index (χ2n) is 6.68. The van der Waals surface area contributed by atoms with Crippen LogP contribution in [0.1, 0.15) is 11.1 Å². The predicted octanol–water partition coefficient (Wildman–Crippen LogP) is 5.18. The molecule has 0 aliphatic carbocycles. The van der Waals surface area contributed by atoms with Crippen LogP contribution in [-0.4, -0.2) is 11.8 Å². The molecule has 0 saturated carbocycles. The minimum absolute atomic E-state index is 0.132. The molecular formula is C23H16ClFN2O2. The zero-order chi connectivity index (χ0) is 20.5. The number of carbonyl (C=O) groups is 2. The molecule has 0 aromatic heterocycles. The van der Waals surface area contributed by atoms with Crippen molar-refractivity contribution in [3.63, 3.8) is 0 Å². The van der Waals surface area contributed by atoms with Crippen LogP contribution >= 0.6 is 11.6 Å². The number of halogens is 2. The van der Waals surface area contributed by atoms with Crippen LogP contribution in [-0.2, 0) is 9.59 Å². The summed E-state index contributed by atoms with van der Waals surface area (Å²) in [4.78, 5) is 27.4. The average Bonchev–Trinajstić information content (AvgIpc) is 2.92. The summed E-state index contributed by atoms with van der Waals surface area (Å²) in [5.74, 6) is -1.61. The molecule has 0 unspecified atom stereocenters. The van der Waals surface area contributed by atoms with Gasteiger partial charge in [0.1, 0.15) is 11.5 Å². The Morgan fingerprint density at radius 2 is 1.62 bits per heavy atom. The zero-order valence-corrected chi connectivity index (χ0v) is 16.2. The molecule has 0 spiro atoms. The zero-order valence-electron chi connectivity index (χ0n) is 15.4. The van der Waals surface area contributed by atoms with E-state index < -0.39 is 17.6 Å². The number of imide groups is 1. The third kappa shape index (κ3) is 3.65. The van der Waals surface area contributed by atoms with Crippen molar-refractivity contribution >= 4 is 40.4 Å². The number of anilines is 2. The normalized spacial score (nSPS) is 14.0. The number of rotatable bonds is 4. The minimum Gasteiger partial charge on any atom is -0.350 e. The largest absolute Gasteiger partial charge is 0.350 e. The van der Waals surface area contributed by atoms with Crippen LogP contribution in [0.15, 0.2) is 78.5 Å². The van der Waals surface area contributed by atoms with Gasteiger partial charge < -0.3 is 5.32 Å². The highest BCUT2D eigenvalue weighted by molar-refractivity contribution is 6.46. The summed E-state index contributed by atoms with van der Waals surface area (Å²) in [6.07, 6.45) is 0. The van der Waals surface area contributed by atoms with Crippen molar-refractivity contribution in [1.29, 1.82) is 0 Å². The van der Waals surface area contributed by atoms with E-state index in [0.717, 1.165) is 16.5 Å². The SMILES string of the molecule is Cc1cccc(NC2=C(c3ccc(Cl)cc3)C(=O)N(c3cccc(F)c3)C2=O)c1. The maximum absolute atomic E-state index is 13.7. The van der Waals surface area contributed by atoms with Gasteiger partial charge in [-0.15, -0.1) is 0 Å². The highest BCUT2D eigenvalue weighted by atomic mass is 35.5. The molecule has 144 valence electrons. The molecule has 3 aromatic carbocycles. The van der Waals surface area contributed by atoms with E-state index in [1.807, 2.05) is 31.2 Å². The lowest BCUT2D eigenvalue weighted by Crippen LogP contribution is -2.32. The smallest absolute Gasteiger partial charge is 0.282 e. The summed E-state index contributed by atoms with van der Waals surface area (Å²) in [6.45, 7) is 1.93. The number of amides is 2. The number of hydrogen-bond acceptors (Lipinski definition) is 3. The molecule has 0 fully saturated rings. The summed E-state index contributed by atoms with van der Waals surface area (Å²) in [7, 11) is 0. The van der Waals surface area contributed by atoms with E-state index in [1.165, 1.54) is 18.2 Å². The third-order valence-electron chi connectivity index (χ3n) is 4.57. The second kappa shape index (κ2) is 7.53. The van der Waals surface area contributed by atoms with Crippen molar-refractivity contribution in [3.8, 4) is 0 Å². The Balaban J connectivity index is 1.83. The predicted molar refractivity (Wildman–Crippen MR) is 112 cm³/mol. The average molecular weight is 407 g/mol. The number of nitrogens with one attached hydrogen (secondary N) is 1. The maximum Gasteiger partial charge on any atom is 0.282 e. The van der Waals surface area contributed by atoms with Crippen LogP contribution in [0, 0.1) is 12.7 Å². The third-order valence-corrected chi connectivity index (χ3v) is 4.82. The molecule has 4 nitrogen and oxygen atoms in total. The van der Waals surface area contributed by atoms with E-state index in [2.05, 4.69) is 5.32 Å². The molecule has 2 amide bonds. The number of benzene rings is 3. The molecule has 29 heavy (non-hydrogen) atoms. The lowest BCUT2D eigenvalue weighted by atomic mass is 10.0. The van der Waals surface area contributed by atoms with Crippen molar-refractivity contribution in [1.82, 2.24) is 0 Å². The monoisotopic (exact) mass is 406 g/mol. The first-order valence-electron chi connectivity index (χ1n) is 8.92. The molecule has 1 aliphatic heterocycles. The highest BCUT2D eigenvalue weighted by Crippen LogP contribution is 2.34. The van der Waals surface area contributed by atoms with Crippen molar-refractivity contribution in [2.75, 3.05) is 10.2 Å². The van der Waals surface area contributed by atoms with Gasteiger partial charge in [-0.25, -0.2) is 9.29 Å². The first-order chi connectivity index (χ1) is 13.9. The van der Waals surface area contributed by atoms with Crippen LogP contribution in [0.2, 0.25) is 5.02 Å². The molecule has 4 rings (SSSR count). The fraction of sp³-hybridized carbons (Fsp3) is 0.0435. The van der Waals surface area contributed by atoms with Crippen molar-refractivity contribution in [2.24, 2.45) is 0 Å². The van der Waals surface area contributed by atoms with E-state index in [0.29, 0.717) is 16.3 Å². The number of nitrogens with zero attached hydrogens (tertiary/aromatic N) is 1. The summed E-state index contributed by atoms with van der Waals surface area (Å²) in [5.41, 5.74) is 2.73. The number of hydrogen-bond donors (Lipinski definition) is 1. The first-order valence-corrected chi connectivity index (χ1v) is 9.30. The van der Waals surface area contributed by atoms with Gasteiger partial charge in [0.15, 0.2) is 0 Å². The molecule has 3 aromatic rings. The van der Waals surface area contributed by atoms with E-state index in [4.69, 9.17) is 11.6 Å². The van der Waals surface area contributed by atoms with Gasteiger partial charge in [0.25, 0.3) is 11.8 Å².